The van der Waals surface area contributed by atoms with Crippen LogP contribution in [0.3, 0.4) is 0 Å². The Labute approximate surface area is 385 Å². The minimum atomic E-state index is -0.929. The third-order valence-corrected chi connectivity index (χ3v) is 11.6. The van der Waals surface area contributed by atoms with E-state index in [1.165, 1.54) is 83.5 Å². The van der Waals surface area contributed by atoms with Crippen LogP contribution in [0.25, 0.3) is 0 Å². The van der Waals surface area contributed by atoms with Crippen LogP contribution in [0, 0.1) is 5.92 Å². The van der Waals surface area contributed by atoms with Crippen LogP contribution in [0.4, 0.5) is 0 Å². The Bertz CT molecular complexity index is 1100. The first-order valence-corrected chi connectivity index (χ1v) is 26.0. The van der Waals surface area contributed by atoms with Gasteiger partial charge in [0.05, 0.1) is 6.61 Å². The van der Waals surface area contributed by atoms with E-state index in [2.05, 4.69) is 27.7 Å². The molecule has 0 N–H and O–H groups in total. The molecule has 0 rings (SSSR count). The summed E-state index contributed by atoms with van der Waals surface area (Å²) in [5.41, 5.74) is 0. The van der Waals surface area contributed by atoms with Crippen molar-refractivity contribution in [1.29, 1.82) is 0 Å². The molecule has 0 aliphatic rings. The van der Waals surface area contributed by atoms with Crippen LogP contribution < -0.4 is 0 Å². The van der Waals surface area contributed by atoms with Crippen molar-refractivity contribution >= 4 is 29.8 Å². The van der Waals surface area contributed by atoms with E-state index in [0.717, 1.165) is 83.5 Å². The van der Waals surface area contributed by atoms with Crippen LogP contribution in [0.2, 0.25) is 0 Å². The highest BCUT2D eigenvalue weighted by molar-refractivity contribution is 5.73. The summed E-state index contributed by atoms with van der Waals surface area (Å²) in [6, 6.07) is 0. The third kappa shape index (κ3) is 41.7. The summed E-state index contributed by atoms with van der Waals surface area (Å²) in [6.07, 6.45) is 30.5. The molecule has 11 heteroatoms. The molecule has 0 saturated carbocycles. The Kier molecular flexibility index (Phi) is 42.6. The van der Waals surface area contributed by atoms with Gasteiger partial charge in [0, 0.05) is 32.1 Å². The van der Waals surface area contributed by atoms with Gasteiger partial charge in [0.15, 0.2) is 6.10 Å². The molecule has 0 aliphatic carbocycles. The van der Waals surface area contributed by atoms with E-state index in [1.54, 1.807) is 0 Å². The summed E-state index contributed by atoms with van der Waals surface area (Å²) in [5, 5.41) is 0. The topological polar surface area (TPSA) is 135 Å². The first kappa shape index (κ1) is 60.3. The average Bonchev–Trinajstić information content (AvgIpc) is 3.25. The summed E-state index contributed by atoms with van der Waals surface area (Å²) in [6.45, 7) is 9.64. The molecular formula is C52H97NO10. The van der Waals surface area contributed by atoms with Gasteiger partial charge >= 0.3 is 29.8 Å². The van der Waals surface area contributed by atoms with E-state index in [1.807, 2.05) is 19.0 Å². The fraction of sp³-hybridized carbons (Fsp3) is 0.904. The van der Waals surface area contributed by atoms with Gasteiger partial charge in [-0.1, -0.05) is 150 Å². The number of unbranched alkanes of at least 4 members (excludes halogenated alkanes) is 18. The third-order valence-electron chi connectivity index (χ3n) is 11.6. The summed E-state index contributed by atoms with van der Waals surface area (Å²) >= 11 is 0. The number of hydrogen-bond donors (Lipinski definition) is 0. The van der Waals surface area contributed by atoms with Gasteiger partial charge in [-0.05, 0) is 90.8 Å². The molecule has 63 heavy (non-hydrogen) atoms. The molecule has 0 radical (unpaired) electrons. The minimum absolute atomic E-state index is 0.0256. The van der Waals surface area contributed by atoms with E-state index in [9.17, 15) is 24.0 Å². The minimum Gasteiger partial charge on any atom is -0.465 e. The van der Waals surface area contributed by atoms with E-state index in [0.29, 0.717) is 44.8 Å². The number of ether oxygens (including phenoxy) is 5. The highest BCUT2D eigenvalue weighted by Gasteiger charge is 2.21. The summed E-state index contributed by atoms with van der Waals surface area (Å²) in [7, 11) is 3.85. The molecule has 0 aromatic heterocycles. The molecular weight excluding hydrogens is 799 g/mol. The van der Waals surface area contributed by atoms with Crippen LogP contribution in [0.5, 0.6) is 0 Å². The zero-order valence-corrected chi connectivity index (χ0v) is 41.6. The van der Waals surface area contributed by atoms with Crippen molar-refractivity contribution in [3.63, 3.8) is 0 Å². The molecule has 2 atom stereocenters. The number of carbonyl (C=O) groups is 5. The average molecular weight is 896 g/mol. The predicted molar refractivity (Wildman–Crippen MR) is 254 cm³/mol. The summed E-state index contributed by atoms with van der Waals surface area (Å²) in [4.78, 5) is 65.1. The lowest BCUT2D eigenvalue weighted by atomic mass is 9.96. The second-order valence-electron chi connectivity index (χ2n) is 18.3. The van der Waals surface area contributed by atoms with Crippen molar-refractivity contribution in [2.24, 2.45) is 5.92 Å². The van der Waals surface area contributed by atoms with Gasteiger partial charge in [0.2, 0.25) is 0 Å². The largest absolute Gasteiger partial charge is 0.465 e. The fourth-order valence-electron chi connectivity index (χ4n) is 7.62. The molecule has 11 nitrogen and oxygen atoms in total. The number of esters is 5. The van der Waals surface area contributed by atoms with E-state index in [4.69, 9.17) is 23.7 Å². The van der Waals surface area contributed by atoms with Crippen LogP contribution in [0.1, 0.15) is 246 Å². The van der Waals surface area contributed by atoms with E-state index < -0.39 is 24.0 Å². The van der Waals surface area contributed by atoms with Gasteiger partial charge in [-0.15, -0.1) is 0 Å². The molecule has 0 amide bonds. The fourth-order valence-corrected chi connectivity index (χ4v) is 7.62. The van der Waals surface area contributed by atoms with Gasteiger partial charge in [-0.2, -0.15) is 0 Å². The highest BCUT2D eigenvalue weighted by atomic mass is 16.6. The first-order valence-electron chi connectivity index (χ1n) is 26.0. The Morgan fingerprint density at radius 1 is 0.349 bits per heavy atom. The zero-order chi connectivity index (χ0) is 46.6. The SMILES string of the molecule is CCCCCCCCC(CCCCCCCC)OC(=O)CCCC(=O)OCC(COC(=O)CCCCCCCC(=O)OCC(CCCC)CCCCCC)OC(=O)CCCN(C)C. The maximum Gasteiger partial charge on any atom is 0.306 e. The molecule has 0 fully saturated rings. The monoisotopic (exact) mass is 896 g/mol. The second kappa shape index (κ2) is 44.5. The molecule has 0 aliphatic heterocycles. The Morgan fingerprint density at radius 3 is 1.19 bits per heavy atom. The number of nitrogens with zero attached hydrogens (tertiary/aromatic N) is 1. The molecule has 0 spiro atoms. The summed E-state index contributed by atoms with van der Waals surface area (Å²) in [5.74, 6) is -1.31. The summed E-state index contributed by atoms with van der Waals surface area (Å²) < 4.78 is 28.0. The van der Waals surface area contributed by atoms with Crippen molar-refractivity contribution in [3.05, 3.63) is 0 Å². The lowest BCUT2D eigenvalue weighted by molar-refractivity contribution is -0.167. The van der Waals surface area contributed by atoms with Crippen molar-refractivity contribution < 1.29 is 47.7 Å². The van der Waals surface area contributed by atoms with Gasteiger partial charge in [0.1, 0.15) is 19.3 Å². The van der Waals surface area contributed by atoms with Gasteiger partial charge in [-0.3, -0.25) is 24.0 Å². The van der Waals surface area contributed by atoms with E-state index in [-0.39, 0.29) is 56.9 Å². The lowest BCUT2D eigenvalue weighted by Crippen LogP contribution is -2.31. The molecule has 0 heterocycles. The van der Waals surface area contributed by atoms with Crippen molar-refractivity contribution in [1.82, 2.24) is 4.90 Å². The van der Waals surface area contributed by atoms with Crippen LogP contribution >= 0.6 is 0 Å². The molecule has 2 unspecified atom stereocenters. The molecule has 0 bridgehead atoms. The predicted octanol–water partition coefficient (Wildman–Crippen LogP) is 13.0. The molecule has 0 saturated heterocycles. The quantitative estimate of drug-likeness (QED) is 0.0328. The molecule has 0 aromatic rings. The number of rotatable bonds is 46. The standard InChI is InChI=1S/C52H97NO10/c1-7-11-15-18-21-26-34-46(35-27-22-19-16-12-8-2)62-51(57)39-30-38-50(56)61-44-47(63-52(58)40-31-41-53(5)6)43-60-49(55)37-29-24-20-23-28-36-48(54)59-42-45(32-14-10-4)33-25-17-13-9-3/h45-47H,7-44H2,1-6H3. The Hall–Kier alpha value is -2.69. The van der Waals surface area contributed by atoms with E-state index >= 15 is 0 Å². The van der Waals surface area contributed by atoms with Gasteiger partial charge < -0.3 is 28.6 Å². The maximum absolute atomic E-state index is 12.8. The van der Waals surface area contributed by atoms with Crippen molar-refractivity contribution in [3.8, 4) is 0 Å². The Morgan fingerprint density at radius 2 is 0.698 bits per heavy atom. The Balaban J connectivity index is 4.70. The van der Waals surface area contributed by atoms with Crippen molar-refractivity contribution in [2.45, 2.75) is 258 Å². The van der Waals surface area contributed by atoms with Crippen LogP contribution in [-0.2, 0) is 47.7 Å². The number of hydrogen-bond acceptors (Lipinski definition) is 11. The molecule has 370 valence electrons. The van der Waals surface area contributed by atoms with Crippen molar-refractivity contribution in [2.75, 3.05) is 40.5 Å². The normalized spacial score (nSPS) is 12.3. The van der Waals surface area contributed by atoms with Gasteiger partial charge in [0.25, 0.3) is 0 Å². The highest BCUT2D eigenvalue weighted by Crippen LogP contribution is 2.20. The van der Waals surface area contributed by atoms with Crippen LogP contribution in [-0.4, -0.2) is 87.4 Å². The van der Waals surface area contributed by atoms with Gasteiger partial charge in [-0.25, -0.2) is 0 Å². The lowest BCUT2D eigenvalue weighted by Gasteiger charge is -2.19. The second-order valence-corrected chi connectivity index (χ2v) is 18.3. The first-order chi connectivity index (χ1) is 30.5. The smallest absolute Gasteiger partial charge is 0.306 e. The van der Waals surface area contributed by atoms with Crippen LogP contribution in [0.15, 0.2) is 0 Å². The zero-order valence-electron chi connectivity index (χ0n) is 41.6. The maximum atomic E-state index is 12.8. The molecule has 0 aromatic carbocycles. The number of carbonyl (C=O) groups excluding carboxylic acids is 5.